The smallest absolute Gasteiger partial charge is 0.176 e. The van der Waals surface area contributed by atoms with Gasteiger partial charge in [0.25, 0.3) is 0 Å². The van der Waals surface area contributed by atoms with Crippen LogP contribution in [0.25, 0.3) is 0 Å². The van der Waals surface area contributed by atoms with Crippen molar-refractivity contribution in [3.05, 3.63) is 33.8 Å². The summed E-state index contributed by atoms with van der Waals surface area (Å²) in [5.74, 6) is 0.138. The third-order valence-electron chi connectivity index (χ3n) is 2.15. The first-order chi connectivity index (χ1) is 7.00. The summed E-state index contributed by atoms with van der Waals surface area (Å²) in [4.78, 5) is 11.7. The lowest BCUT2D eigenvalue weighted by Gasteiger charge is -2.08. The van der Waals surface area contributed by atoms with E-state index in [4.69, 9.17) is 0 Å². The Labute approximate surface area is 99.2 Å². The van der Waals surface area contributed by atoms with Gasteiger partial charge in [-0.3, -0.25) is 4.79 Å². The van der Waals surface area contributed by atoms with E-state index in [-0.39, 0.29) is 5.78 Å². The largest absolute Gasteiger partial charge is 0.307 e. The van der Waals surface area contributed by atoms with Gasteiger partial charge in [-0.2, -0.15) is 0 Å². The van der Waals surface area contributed by atoms with Gasteiger partial charge in [-0.15, -0.1) is 0 Å². The fourth-order valence-corrected chi connectivity index (χ4v) is 1.46. The van der Waals surface area contributed by atoms with Crippen LogP contribution in [0.2, 0.25) is 0 Å². The minimum absolute atomic E-state index is 0.138. The highest BCUT2D eigenvalue weighted by Gasteiger charge is 2.07. The van der Waals surface area contributed by atoms with Crippen LogP contribution in [-0.2, 0) is 0 Å². The molecule has 15 heavy (non-hydrogen) atoms. The quantitative estimate of drug-likeness (QED) is 0.852. The molecule has 0 aromatic heterocycles. The van der Waals surface area contributed by atoms with E-state index in [0.717, 1.165) is 15.6 Å². The highest BCUT2D eigenvalue weighted by atomic mass is 79.9. The van der Waals surface area contributed by atoms with E-state index in [2.05, 4.69) is 21.2 Å². The molecule has 0 unspecified atom stereocenters. The molecular formula is C12H16BrNO. The molecule has 82 valence electrons. The molecule has 1 rings (SSSR count). The Morgan fingerprint density at radius 2 is 2.13 bits per heavy atom. The summed E-state index contributed by atoms with van der Waals surface area (Å²) in [5, 5.41) is 3.12. The number of ketones is 1. The topological polar surface area (TPSA) is 29.1 Å². The molecule has 0 saturated carbocycles. The fraction of sp³-hybridized carbons (Fsp3) is 0.417. The van der Waals surface area contributed by atoms with Gasteiger partial charge in [0.2, 0.25) is 0 Å². The predicted molar refractivity (Wildman–Crippen MR) is 66.3 cm³/mol. The Morgan fingerprint density at radius 3 is 2.67 bits per heavy atom. The zero-order valence-electron chi connectivity index (χ0n) is 9.30. The van der Waals surface area contributed by atoms with Crippen molar-refractivity contribution in [2.45, 2.75) is 26.8 Å². The number of hydrogen-bond acceptors (Lipinski definition) is 2. The first-order valence-electron chi connectivity index (χ1n) is 5.03. The number of benzene rings is 1. The first-order valence-corrected chi connectivity index (χ1v) is 5.82. The number of hydrogen-bond donors (Lipinski definition) is 1. The zero-order chi connectivity index (χ0) is 11.4. The van der Waals surface area contributed by atoms with Crippen molar-refractivity contribution in [3.8, 4) is 0 Å². The normalized spacial score (nSPS) is 10.7. The molecule has 2 nitrogen and oxygen atoms in total. The number of rotatable bonds is 4. The summed E-state index contributed by atoms with van der Waals surface area (Å²) in [6.45, 7) is 6.44. The number of halogens is 1. The van der Waals surface area contributed by atoms with Crippen LogP contribution in [0.15, 0.2) is 22.7 Å². The van der Waals surface area contributed by atoms with Crippen molar-refractivity contribution in [3.63, 3.8) is 0 Å². The number of carbonyl (C=O) groups excluding carboxylic acids is 1. The van der Waals surface area contributed by atoms with Crippen molar-refractivity contribution in [1.29, 1.82) is 0 Å². The maximum Gasteiger partial charge on any atom is 0.176 e. The molecule has 0 heterocycles. The van der Waals surface area contributed by atoms with Crippen molar-refractivity contribution < 1.29 is 4.79 Å². The maximum atomic E-state index is 11.7. The number of nitrogens with one attached hydrogen (secondary N) is 1. The third kappa shape index (κ3) is 3.76. The third-order valence-corrected chi connectivity index (χ3v) is 3.04. The minimum Gasteiger partial charge on any atom is -0.307 e. The molecule has 0 aliphatic heterocycles. The molecule has 3 heteroatoms. The Balaban J connectivity index is 2.70. The molecule has 1 N–H and O–H groups in total. The summed E-state index contributed by atoms with van der Waals surface area (Å²) in [6.07, 6.45) is 0. The van der Waals surface area contributed by atoms with Crippen molar-refractivity contribution in [2.24, 2.45) is 0 Å². The van der Waals surface area contributed by atoms with Gasteiger partial charge in [0.1, 0.15) is 0 Å². The maximum absolute atomic E-state index is 11.7. The van der Waals surface area contributed by atoms with E-state index in [0.29, 0.717) is 12.6 Å². The van der Waals surface area contributed by atoms with Gasteiger partial charge >= 0.3 is 0 Å². The summed E-state index contributed by atoms with van der Waals surface area (Å²) in [7, 11) is 0. The van der Waals surface area contributed by atoms with Crippen LogP contribution in [0.4, 0.5) is 0 Å². The Morgan fingerprint density at radius 1 is 1.47 bits per heavy atom. The van der Waals surface area contributed by atoms with E-state index in [1.54, 1.807) is 0 Å². The molecule has 0 amide bonds. The van der Waals surface area contributed by atoms with Crippen LogP contribution in [-0.4, -0.2) is 18.4 Å². The van der Waals surface area contributed by atoms with Crippen LogP contribution in [0.5, 0.6) is 0 Å². The fourth-order valence-electron chi connectivity index (χ4n) is 1.22. The highest BCUT2D eigenvalue weighted by molar-refractivity contribution is 9.10. The first kappa shape index (κ1) is 12.4. The summed E-state index contributed by atoms with van der Waals surface area (Å²) in [5.41, 5.74) is 1.86. The van der Waals surface area contributed by atoms with E-state index in [1.165, 1.54) is 0 Å². The zero-order valence-corrected chi connectivity index (χ0v) is 10.9. The second kappa shape index (κ2) is 5.42. The summed E-state index contributed by atoms with van der Waals surface area (Å²) >= 11 is 3.41. The van der Waals surface area contributed by atoms with E-state index >= 15 is 0 Å². The molecule has 0 aliphatic carbocycles. The minimum atomic E-state index is 0.138. The number of Topliss-reactive ketones (excluding diaryl/α,β-unsaturated/α-hetero) is 1. The molecule has 0 fully saturated rings. The van der Waals surface area contributed by atoms with E-state index in [9.17, 15) is 4.79 Å². The van der Waals surface area contributed by atoms with Gasteiger partial charge in [0.05, 0.1) is 6.54 Å². The summed E-state index contributed by atoms with van der Waals surface area (Å²) < 4.78 is 1.04. The second-order valence-corrected chi connectivity index (χ2v) is 4.78. The van der Waals surface area contributed by atoms with Crippen molar-refractivity contribution in [2.75, 3.05) is 6.54 Å². The van der Waals surface area contributed by atoms with Crippen LogP contribution in [0.1, 0.15) is 29.8 Å². The molecular weight excluding hydrogens is 254 g/mol. The lowest BCUT2D eigenvalue weighted by molar-refractivity contribution is 0.0988. The van der Waals surface area contributed by atoms with Crippen LogP contribution >= 0.6 is 15.9 Å². The highest BCUT2D eigenvalue weighted by Crippen LogP contribution is 2.17. The number of carbonyl (C=O) groups is 1. The second-order valence-electron chi connectivity index (χ2n) is 3.92. The molecule has 1 aromatic carbocycles. The predicted octanol–water partition coefficient (Wildman–Crippen LogP) is 2.94. The van der Waals surface area contributed by atoms with Gasteiger partial charge in [-0.1, -0.05) is 35.8 Å². The average molecular weight is 270 g/mol. The van der Waals surface area contributed by atoms with Crippen molar-refractivity contribution in [1.82, 2.24) is 5.32 Å². The molecule has 0 atom stereocenters. The molecule has 0 aliphatic rings. The van der Waals surface area contributed by atoms with Gasteiger partial charge in [-0.05, 0) is 24.6 Å². The van der Waals surface area contributed by atoms with Gasteiger partial charge in [-0.25, -0.2) is 0 Å². The monoisotopic (exact) mass is 269 g/mol. The lowest BCUT2D eigenvalue weighted by atomic mass is 10.1. The number of aryl methyl sites for hydroxylation is 1. The molecule has 1 aromatic rings. The van der Waals surface area contributed by atoms with Gasteiger partial charge < -0.3 is 5.32 Å². The Kier molecular flexibility index (Phi) is 4.48. The molecule has 0 saturated heterocycles. The SMILES string of the molecule is Cc1cc(C(=O)CNC(C)C)ccc1Br. The van der Waals surface area contributed by atoms with Crippen molar-refractivity contribution >= 4 is 21.7 Å². The van der Waals surface area contributed by atoms with Gasteiger partial charge in [0, 0.05) is 16.1 Å². The Bertz CT molecular complexity index is 361. The van der Waals surface area contributed by atoms with E-state index < -0.39 is 0 Å². The average Bonchev–Trinajstić information content (AvgIpc) is 2.18. The summed E-state index contributed by atoms with van der Waals surface area (Å²) in [6, 6.07) is 6.01. The molecule has 0 bridgehead atoms. The van der Waals surface area contributed by atoms with Crippen LogP contribution < -0.4 is 5.32 Å². The van der Waals surface area contributed by atoms with Gasteiger partial charge in [0.15, 0.2) is 5.78 Å². The molecule has 0 radical (unpaired) electrons. The van der Waals surface area contributed by atoms with E-state index in [1.807, 2.05) is 39.0 Å². The van der Waals surface area contributed by atoms with Crippen LogP contribution in [0.3, 0.4) is 0 Å². The van der Waals surface area contributed by atoms with Crippen LogP contribution in [0, 0.1) is 6.92 Å². The standard InChI is InChI=1S/C12H16BrNO/c1-8(2)14-7-12(15)10-4-5-11(13)9(3)6-10/h4-6,8,14H,7H2,1-3H3. The Hall–Kier alpha value is -0.670. The molecule has 0 spiro atoms. The lowest BCUT2D eigenvalue weighted by Crippen LogP contribution is -2.29.